The molecule has 0 unspecified atom stereocenters. The van der Waals surface area contributed by atoms with Crippen molar-refractivity contribution in [2.75, 3.05) is 19.6 Å². The molecule has 0 saturated heterocycles. The van der Waals surface area contributed by atoms with Gasteiger partial charge >= 0.3 is 0 Å². The molecule has 0 aliphatic rings. The summed E-state index contributed by atoms with van der Waals surface area (Å²) in [5, 5.41) is 0. The Morgan fingerprint density at radius 3 is 2.95 bits per heavy atom. The number of halogens is 2. The number of nitrogens with zero attached hydrogens (tertiary/aromatic N) is 2. The first-order valence-corrected chi connectivity index (χ1v) is 7.00. The minimum Gasteiger partial charge on any atom is -0.385 e. The largest absolute Gasteiger partial charge is 0.385 e. The molecule has 0 bridgehead atoms. The Balaban J connectivity index is 2.27. The number of rotatable bonds is 7. The lowest BCUT2D eigenvalue weighted by Gasteiger charge is -2.08. The van der Waals surface area contributed by atoms with Crippen molar-refractivity contribution in [2.24, 2.45) is 0 Å². The lowest BCUT2D eigenvalue weighted by molar-refractivity contribution is 0.191. The SMILES string of the molecule is COCCCCn1c(CCCl)nc2c(F)cccc21. The van der Waals surface area contributed by atoms with Crippen molar-refractivity contribution in [3.05, 3.63) is 29.8 Å². The van der Waals surface area contributed by atoms with Gasteiger partial charge in [0.1, 0.15) is 11.3 Å². The number of para-hydroxylation sites is 1. The molecule has 0 N–H and O–H groups in total. The second-order valence-corrected chi connectivity index (χ2v) is 4.80. The Hall–Kier alpha value is -1.13. The van der Waals surface area contributed by atoms with Gasteiger partial charge in [0.25, 0.3) is 0 Å². The fourth-order valence-corrected chi connectivity index (χ4v) is 2.37. The first kappa shape index (κ1) is 14.3. The van der Waals surface area contributed by atoms with E-state index in [4.69, 9.17) is 16.3 Å². The maximum Gasteiger partial charge on any atom is 0.151 e. The summed E-state index contributed by atoms with van der Waals surface area (Å²) in [6.45, 7) is 1.56. The van der Waals surface area contributed by atoms with E-state index in [0.29, 0.717) is 17.8 Å². The van der Waals surface area contributed by atoms with E-state index >= 15 is 0 Å². The molecule has 1 aromatic heterocycles. The van der Waals surface area contributed by atoms with Gasteiger partial charge in [-0.2, -0.15) is 0 Å². The van der Waals surface area contributed by atoms with E-state index in [9.17, 15) is 4.39 Å². The summed E-state index contributed by atoms with van der Waals surface area (Å²) >= 11 is 5.79. The van der Waals surface area contributed by atoms with Crippen LogP contribution in [0.4, 0.5) is 4.39 Å². The van der Waals surface area contributed by atoms with Crippen LogP contribution in [0.3, 0.4) is 0 Å². The molecular weight excluding hydrogens is 267 g/mol. The number of benzene rings is 1. The molecule has 5 heteroatoms. The molecule has 2 aromatic rings. The molecule has 0 amide bonds. The van der Waals surface area contributed by atoms with E-state index in [2.05, 4.69) is 9.55 Å². The van der Waals surface area contributed by atoms with Crippen LogP contribution >= 0.6 is 11.6 Å². The number of alkyl halides is 1. The molecule has 3 nitrogen and oxygen atoms in total. The first-order chi connectivity index (χ1) is 9.27. The number of unbranched alkanes of at least 4 members (excludes halogenated alkanes) is 1. The van der Waals surface area contributed by atoms with Gasteiger partial charge in [0, 0.05) is 32.6 Å². The Kier molecular flexibility index (Phi) is 5.16. The Morgan fingerprint density at radius 1 is 1.37 bits per heavy atom. The molecule has 0 radical (unpaired) electrons. The van der Waals surface area contributed by atoms with Crippen molar-refractivity contribution >= 4 is 22.6 Å². The van der Waals surface area contributed by atoms with Crippen LogP contribution in [-0.2, 0) is 17.7 Å². The highest BCUT2D eigenvalue weighted by atomic mass is 35.5. The predicted octanol–water partition coefficient (Wildman–Crippen LogP) is 3.38. The van der Waals surface area contributed by atoms with Crippen LogP contribution < -0.4 is 0 Å². The van der Waals surface area contributed by atoms with Gasteiger partial charge in [0.2, 0.25) is 0 Å². The van der Waals surface area contributed by atoms with Crippen LogP contribution in [0.5, 0.6) is 0 Å². The van der Waals surface area contributed by atoms with Gasteiger partial charge in [-0.25, -0.2) is 9.37 Å². The number of methoxy groups -OCH3 is 1. The number of aryl methyl sites for hydroxylation is 2. The molecular formula is C14H18ClFN2O. The minimum atomic E-state index is -0.274. The summed E-state index contributed by atoms with van der Waals surface area (Å²) in [5.41, 5.74) is 1.28. The lowest BCUT2D eigenvalue weighted by atomic mass is 10.3. The number of fused-ring (bicyclic) bond motifs is 1. The average molecular weight is 285 g/mol. The van der Waals surface area contributed by atoms with E-state index in [1.165, 1.54) is 6.07 Å². The first-order valence-electron chi connectivity index (χ1n) is 6.46. The van der Waals surface area contributed by atoms with Crippen LogP contribution in [0, 0.1) is 5.82 Å². The maximum absolute atomic E-state index is 13.7. The zero-order valence-corrected chi connectivity index (χ0v) is 11.8. The summed E-state index contributed by atoms with van der Waals surface area (Å²) in [6.07, 6.45) is 2.61. The van der Waals surface area contributed by atoms with E-state index in [-0.39, 0.29) is 5.82 Å². The average Bonchev–Trinajstić information content (AvgIpc) is 2.75. The molecule has 0 aliphatic heterocycles. The second kappa shape index (κ2) is 6.87. The van der Waals surface area contributed by atoms with E-state index in [0.717, 1.165) is 37.3 Å². The van der Waals surface area contributed by atoms with Gasteiger partial charge in [-0.3, -0.25) is 0 Å². The minimum absolute atomic E-state index is 0.274. The van der Waals surface area contributed by atoms with Gasteiger partial charge in [-0.15, -0.1) is 11.6 Å². The Bertz CT molecular complexity index is 541. The topological polar surface area (TPSA) is 27.1 Å². The molecule has 2 rings (SSSR count). The van der Waals surface area contributed by atoms with Crippen LogP contribution in [-0.4, -0.2) is 29.1 Å². The van der Waals surface area contributed by atoms with Crippen LogP contribution in [0.15, 0.2) is 18.2 Å². The number of ether oxygens (including phenoxy) is 1. The number of aromatic nitrogens is 2. The summed E-state index contributed by atoms with van der Waals surface area (Å²) in [7, 11) is 1.70. The quantitative estimate of drug-likeness (QED) is 0.576. The normalized spacial score (nSPS) is 11.3. The molecule has 0 aliphatic carbocycles. The van der Waals surface area contributed by atoms with E-state index < -0.39 is 0 Å². The molecule has 1 aromatic carbocycles. The molecule has 0 fully saturated rings. The van der Waals surface area contributed by atoms with Crippen molar-refractivity contribution in [3.63, 3.8) is 0 Å². The smallest absolute Gasteiger partial charge is 0.151 e. The summed E-state index contributed by atoms with van der Waals surface area (Å²) in [5.74, 6) is 1.07. The van der Waals surface area contributed by atoms with Crippen molar-refractivity contribution in [1.29, 1.82) is 0 Å². The highest BCUT2D eigenvalue weighted by Gasteiger charge is 2.12. The van der Waals surface area contributed by atoms with Gasteiger partial charge in [0.15, 0.2) is 5.82 Å². The van der Waals surface area contributed by atoms with Gasteiger partial charge < -0.3 is 9.30 Å². The van der Waals surface area contributed by atoms with Gasteiger partial charge in [-0.05, 0) is 25.0 Å². The molecule has 1 heterocycles. The highest BCUT2D eigenvalue weighted by Crippen LogP contribution is 2.20. The van der Waals surface area contributed by atoms with Crippen molar-refractivity contribution in [1.82, 2.24) is 9.55 Å². The fraction of sp³-hybridized carbons (Fsp3) is 0.500. The maximum atomic E-state index is 13.7. The molecule has 0 saturated carbocycles. The standard InChI is InChI=1S/C14H18ClFN2O/c1-19-10-3-2-9-18-12-6-4-5-11(16)14(12)17-13(18)7-8-15/h4-6H,2-3,7-10H2,1H3. The zero-order chi connectivity index (χ0) is 13.7. The van der Waals surface area contributed by atoms with Gasteiger partial charge in [0.05, 0.1) is 5.52 Å². The zero-order valence-electron chi connectivity index (χ0n) is 11.0. The second-order valence-electron chi connectivity index (χ2n) is 4.43. The van der Waals surface area contributed by atoms with Crippen LogP contribution in [0.1, 0.15) is 18.7 Å². The Morgan fingerprint density at radius 2 is 2.21 bits per heavy atom. The summed E-state index contributed by atoms with van der Waals surface area (Å²) < 4.78 is 20.8. The fourth-order valence-electron chi connectivity index (χ4n) is 2.20. The molecule has 104 valence electrons. The van der Waals surface area contributed by atoms with Crippen molar-refractivity contribution in [2.45, 2.75) is 25.8 Å². The third-order valence-electron chi connectivity index (χ3n) is 3.11. The van der Waals surface area contributed by atoms with Gasteiger partial charge in [-0.1, -0.05) is 6.07 Å². The third-order valence-corrected chi connectivity index (χ3v) is 3.30. The van der Waals surface area contributed by atoms with Crippen LogP contribution in [0.25, 0.3) is 11.0 Å². The molecule has 19 heavy (non-hydrogen) atoms. The van der Waals surface area contributed by atoms with Crippen molar-refractivity contribution < 1.29 is 9.13 Å². The lowest BCUT2D eigenvalue weighted by Crippen LogP contribution is -2.05. The van der Waals surface area contributed by atoms with E-state index in [1.807, 2.05) is 6.07 Å². The molecule has 0 atom stereocenters. The third kappa shape index (κ3) is 3.25. The number of hydrogen-bond donors (Lipinski definition) is 0. The molecule has 0 spiro atoms. The van der Waals surface area contributed by atoms with Crippen LogP contribution in [0.2, 0.25) is 0 Å². The highest BCUT2D eigenvalue weighted by molar-refractivity contribution is 6.17. The number of hydrogen-bond acceptors (Lipinski definition) is 2. The summed E-state index contributed by atoms with van der Waals surface area (Å²) in [6, 6.07) is 5.06. The van der Waals surface area contributed by atoms with Crippen molar-refractivity contribution in [3.8, 4) is 0 Å². The Labute approximate surface area is 117 Å². The summed E-state index contributed by atoms with van der Waals surface area (Å²) in [4.78, 5) is 4.37. The number of imidazole rings is 1. The van der Waals surface area contributed by atoms with E-state index in [1.54, 1.807) is 13.2 Å². The monoisotopic (exact) mass is 284 g/mol. The predicted molar refractivity (Wildman–Crippen MR) is 75.2 cm³/mol.